The van der Waals surface area contributed by atoms with E-state index in [0.717, 1.165) is 11.3 Å². The summed E-state index contributed by atoms with van der Waals surface area (Å²) in [4.78, 5) is 12.0. The fourth-order valence-corrected chi connectivity index (χ4v) is 1.78. The maximum Gasteiger partial charge on any atom is 0.275 e. The Balaban J connectivity index is 2.27. The van der Waals surface area contributed by atoms with Crippen LogP contribution in [0.2, 0.25) is 5.02 Å². The van der Waals surface area contributed by atoms with Crippen molar-refractivity contribution >= 4 is 23.2 Å². The molecule has 1 aromatic heterocycles. The van der Waals surface area contributed by atoms with Crippen LogP contribution < -0.4 is 11.2 Å². The molecule has 0 aliphatic carbocycles. The summed E-state index contributed by atoms with van der Waals surface area (Å²) in [5.41, 5.74) is 1.97. The van der Waals surface area contributed by atoms with Crippen LogP contribution in [0.3, 0.4) is 0 Å². The molecule has 88 valence electrons. The van der Waals surface area contributed by atoms with E-state index in [1.807, 2.05) is 31.2 Å². The lowest BCUT2D eigenvalue weighted by molar-refractivity contribution is 0.102. The lowest BCUT2D eigenvalue weighted by atomic mass is 10.2. The molecule has 3 N–H and O–H groups in total. The molecule has 0 aliphatic rings. The molecule has 1 aromatic carbocycles. The standard InChI is InChI=1S/C12H12ClN3O/c1-8-4-2-3-5-10(8)15-12(17)11-9(13)6-7-16(11)14/h2-7H,14H2,1H3,(H,15,17). The number of nitrogen functional groups attached to an aromatic ring is 1. The molecule has 0 atom stereocenters. The molecule has 0 unspecified atom stereocenters. The van der Waals surface area contributed by atoms with Gasteiger partial charge in [0.15, 0.2) is 0 Å². The van der Waals surface area contributed by atoms with Gasteiger partial charge in [0.1, 0.15) is 5.69 Å². The Labute approximate surface area is 104 Å². The van der Waals surface area contributed by atoms with Crippen LogP contribution >= 0.6 is 11.6 Å². The number of carbonyl (C=O) groups excluding carboxylic acids is 1. The molecule has 2 aromatic rings. The Morgan fingerprint density at radius 2 is 2.06 bits per heavy atom. The van der Waals surface area contributed by atoms with Crippen LogP contribution in [-0.2, 0) is 0 Å². The number of rotatable bonds is 2. The van der Waals surface area contributed by atoms with E-state index in [4.69, 9.17) is 17.4 Å². The molecule has 0 bridgehead atoms. The second kappa shape index (κ2) is 4.51. The van der Waals surface area contributed by atoms with Crippen LogP contribution in [0, 0.1) is 6.92 Å². The molecule has 0 fully saturated rings. The highest BCUT2D eigenvalue weighted by Gasteiger charge is 2.15. The van der Waals surface area contributed by atoms with Gasteiger partial charge < -0.3 is 11.2 Å². The van der Waals surface area contributed by atoms with E-state index in [1.165, 1.54) is 10.9 Å². The Morgan fingerprint density at radius 3 is 2.65 bits per heavy atom. The number of carbonyl (C=O) groups is 1. The van der Waals surface area contributed by atoms with Crippen molar-refractivity contribution in [1.29, 1.82) is 0 Å². The minimum absolute atomic E-state index is 0.245. The summed E-state index contributed by atoms with van der Waals surface area (Å²) in [5.74, 6) is 5.28. The Morgan fingerprint density at radius 1 is 1.35 bits per heavy atom. The number of aromatic nitrogens is 1. The SMILES string of the molecule is Cc1ccccc1NC(=O)c1c(Cl)ccn1N. The largest absolute Gasteiger partial charge is 0.339 e. The molecule has 0 radical (unpaired) electrons. The first kappa shape index (κ1) is 11.5. The summed E-state index contributed by atoms with van der Waals surface area (Å²) in [6.45, 7) is 1.92. The number of para-hydroxylation sites is 1. The number of anilines is 1. The first-order valence-corrected chi connectivity index (χ1v) is 5.46. The van der Waals surface area contributed by atoms with E-state index in [1.54, 1.807) is 6.07 Å². The fourth-order valence-electron chi connectivity index (χ4n) is 1.54. The highest BCUT2D eigenvalue weighted by molar-refractivity contribution is 6.34. The summed E-state index contributed by atoms with van der Waals surface area (Å²) in [7, 11) is 0. The van der Waals surface area contributed by atoms with Gasteiger partial charge in [-0.3, -0.25) is 9.47 Å². The second-order valence-corrected chi connectivity index (χ2v) is 4.10. The summed E-state index contributed by atoms with van der Waals surface area (Å²) in [6.07, 6.45) is 1.54. The molecule has 1 heterocycles. The van der Waals surface area contributed by atoms with Crippen molar-refractivity contribution in [2.24, 2.45) is 0 Å². The molecule has 2 rings (SSSR count). The van der Waals surface area contributed by atoms with Crippen molar-refractivity contribution in [3.8, 4) is 0 Å². The van der Waals surface area contributed by atoms with Crippen LogP contribution in [0.1, 0.15) is 16.1 Å². The number of amides is 1. The minimum atomic E-state index is -0.322. The zero-order valence-electron chi connectivity index (χ0n) is 9.27. The van der Waals surface area contributed by atoms with Gasteiger partial charge >= 0.3 is 0 Å². The molecule has 17 heavy (non-hydrogen) atoms. The first-order valence-electron chi connectivity index (χ1n) is 5.08. The highest BCUT2D eigenvalue weighted by atomic mass is 35.5. The van der Waals surface area contributed by atoms with Crippen LogP contribution in [-0.4, -0.2) is 10.6 Å². The van der Waals surface area contributed by atoms with Crippen LogP contribution in [0.5, 0.6) is 0 Å². The third kappa shape index (κ3) is 2.26. The van der Waals surface area contributed by atoms with Gasteiger partial charge in [0.05, 0.1) is 5.02 Å². The zero-order valence-corrected chi connectivity index (χ0v) is 10.0. The first-order chi connectivity index (χ1) is 8.09. The molecule has 0 spiro atoms. The molecule has 0 saturated carbocycles. The van der Waals surface area contributed by atoms with Crippen molar-refractivity contribution in [3.05, 3.63) is 52.8 Å². The lowest BCUT2D eigenvalue weighted by Crippen LogP contribution is -2.21. The average molecular weight is 250 g/mol. The Bertz CT molecular complexity index is 543. The Hall–Kier alpha value is -1.94. The van der Waals surface area contributed by atoms with Gasteiger partial charge in [0.2, 0.25) is 0 Å². The molecule has 1 amide bonds. The van der Waals surface area contributed by atoms with Gasteiger partial charge in [-0.1, -0.05) is 29.8 Å². The normalized spacial score (nSPS) is 10.2. The topological polar surface area (TPSA) is 60.0 Å². The minimum Gasteiger partial charge on any atom is -0.339 e. The van der Waals surface area contributed by atoms with Crippen molar-refractivity contribution < 1.29 is 4.79 Å². The van der Waals surface area contributed by atoms with Crippen molar-refractivity contribution in [1.82, 2.24) is 4.68 Å². The molecular formula is C12H12ClN3O. The van der Waals surface area contributed by atoms with Crippen molar-refractivity contribution in [2.45, 2.75) is 6.92 Å². The molecular weight excluding hydrogens is 238 g/mol. The van der Waals surface area contributed by atoms with E-state index in [9.17, 15) is 4.79 Å². The van der Waals surface area contributed by atoms with Gasteiger partial charge in [-0.25, -0.2) is 0 Å². The highest BCUT2D eigenvalue weighted by Crippen LogP contribution is 2.19. The number of nitrogens with one attached hydrogen (secondary N) is 1. The van der Waals surface area contributed by atoms with Gasteiger partial charge in [0.25, 0.3) is 5.91 Å². The third-order valence-corrected chi connectivity index (χ3v) is 2.78. The van der Waals surface area contributed by atoms with Gasteiger partial charge in [-0.2, -0.15) is 0 Å². The third-order valence-electron chi connectivity index (χ3n) is 2.47. The summed E-state index contributed by atoms with van der Waals surface area (Å²) in [5, 5.41) is 3.10. The smallest absolute Gasteiger partial charge is 0.275 e. The number of benzene rings is 1. The van der Waals surface area contributed by atoms with Crippen molar-refractivity contribution in [3.63, 3.8) is 0 Å². The van der Waals surface area contributed by atoms with E-state index < -0.39 is 0 Å². The predicted molar refractivity (Wildman–Crippen MR) is 68.7 cm³/mol. The molecule has 5 heteroatoms. The summed E-state index contributed by atoms with van der Waals surface area (Å²) >= 11 is 5.88. The maximum atomic E-state index is 12.0. The van der Waals surface area contributed by atoms with Gasteiger partial charge in [-0.15, -0.1) is 0 Å². The van der Waals surface area contributed by atoms with E-state index in [2.05, 4.69) is 5.32 Å². The number of halogens is 1. The van der Waals surface area contributed by atoms with E-state index in [0.29, 0.717) is 5.02 Å². The van der Waals surface area contributed by atoms with Crippen LogP contribution in [0.25, 0.3) is 0 Å². The lowest BCUT2D eigenvalue weighted by Gasteiger charge is -2.08. The molecule has 0 saturated heterocycles. The summed E-state index contributed by atoms with van der Waals surface area (Å²) in [6, 6.07) is 9.08. The van der Waals surface area contributed by atoms with Gasteiger partial charge in [0, 0.05) is 11.9 Å². The number of hydrogen-bond acceptors (Lipinski definition) is 2. The number of nitrogens with zero attached hydrogens (tertiary/aromatic N) is 1. The van der Waals surface area contributed by atoms with E-state index in [-0.39, 0.29) is 11.6 Å². The fraction of sp³-hybridized carbons (Fsp3) is 0.0833. The van der Waals surface area contributed by atoms with Crippen LogP contribution in [0.15, 0.2) is 36.5 Å². The quantitative estimate of drug-likeness (QED) is 0.803. The average Bonchev–Trinajstić information content (AvgIpc) is 2.62. The molecule has 4 nitrogen and oxygen atoms in total. The Kier molecular flexibility index (Phi) is 3.06. The predicted octanol–water partition coefficient (Wildman–Crippen LogP) is 2.42. The second-order valence-electron chi connectivity index (χ2n) is 3.69. The monoisotopic (exact) mass is 249 g/mol. The summed E-state index contributed by atoms with van der Waals surface area (Å²) < 4.78 is 1.20. The molecule has 0 aliphatic heterocycles. The number of hydrogen-bond donors (Lipinski definition) is 2. The van der Waals surface area contributed by atoms with E-state index >= 15 is 0 Å². The number of nitrogens with two attached hydrogens (primary N) is 1. The zero-order chi connectivity index (χ0) is 12.4. The maximum absolute atomic E-state index is 12.0. The number of aryl methyl sites for hydroxylation is 1. The van der Waals surface area contributed by atoms with Crippen LogP contribution in [0.4, 0.5) is 5.69 Å². The van der Waals surface area contributed by atoms with Crippen molar-refractivity contribution in [2.75, 3.05) is 11.2 Å². The van der Waals surface area contributed by atoms with Gasteiger partial charge in [-0.05, 0) is 24.6 Å².